The molecule has 164 valence electrons. The monoisotopic (exact) mass is 449 g/mol. The Morgan fingerprint density at radius 3 is 2.77 bits per heavy atom. The van der Waals surface area contributed by atoms with Crippen molar-refractivity contribution in [1.29, 1.82) is 0 Å². The van der Waals surface area contributed by atoms with Crippen molar-refractivity contribution >= 4 is 29.3 Å². The molecule has 0 aliphatic rings. The molecule has 1 unspecified atom stereocenters. The molecule has 0 radical (unpaired) electrons. The smallest absolute Gasteiger partial charge is 0.324 e. The van der Waals surface area contributed by atoms with Crippen molar-refractivity contribution in [3.63, 3.8) is 0 Å². The highest BCUT2D eigenvalue weighted by molar-refractivity contribution is 7.15. The van der Waals surface area contributed by atoms with E-state index in [9.17, 15) is 18.0 Å². The lowest BCUT2D eigenvalue weighted by atomic mass is 10.1. The topological polar surface area (TPSA) is 79.8 Å². The first kappa shape index (κ1) is 22.8. The molecule has 10 heteroatoms. The number of carbonyl (C=O) groups is 1. The Labute approximate surface area is 182 Å². The zero-order chi connectivity index (χ0) is 22.4. The molecule has 2 aromatic heterocycles. The van der Waals surface area contributed by atoms with Gasteiger partial charge in [-0.25, -0.2) is 15.0 Å². The van der Waals surface area contributed by atoms with E-state index in [0.29, 0.717) is 18.7 Å². The number of aldehydes is 1. The third kappa shape index (κ3) is 6.56. The first-order valence-electron chi connectivity index (χ1n) is 9.63. The van der Waals surface area contributed by atoms with E-state index in [4.69, 9.17) is 0 Å². The van der Waals surface area contributed by atoms with Crippen LogP contribution in [0.2, 0.25) is 0 Å². The summed E-state index contributed by atoms with van der Waals surface area (Å²) in [7, 11) is 0. The van der Waals surface area contributed by atoms with Crippen LogP contribution in [0.4, 0.5) is 24.8 Å². The predicted octanol–water partition coefficient (Wildman–Crippen LogP) is 4.99. The fourth-order valence-corrected chi connectivity index (χ4v) is 3.78. The van der Waals surface area contributed by atoms with Gasteiger partial charge >= 0.3 is 6.18 Å². The van der Waals surface area contributed by atoms with Crippen LogP contribution in [0, 0.1) is 12.8 Å². The summed E-state index contributed by atoms with van der Waals surface area (Å²) < 4.78 is 38.7. The van der Waals surface area contributed by atoms with Crippen molar-refractivity contribution < 1.29 is 18.0 Å². The summed E-state index contributed by atoms with van der Waals surface area (Å²) in [6.07, 6.45) is -0.245. The molecule has 0 spiro atoms. The molecule has 1 atom stereocenters. The number of aryl methyl sites for hydroxylation is 1. The Morgan fingerprint density at radius 2 is 2.03 bits per heavy atom. The molecule has 0 saturated carbocycles. The second-order valence-corrected chi connectivity index (χ2v) is 8.35. The van der Waals surface area contributed by atoms with E-state index < -0.39 is 11.9 Å². The van der Waals surface area contributed by atoms with Crippen LogP contribution >= 0.6 is 11.3 Å². The second-order valence-electron chi connectivity index (χ2n) is 7.23. The summed E-state index contributed by atoms with van der Waals surface area (Å²) >= 11 is 1.53. The first-order valence-corrected chi connectivity index (χ1v) is 10.4. The SMILES string of the molecule is Cc1cc(Nc2nccc(C(F)(F)F)n2)cc(-c2cnc(CNCC(C)CC=O)s2)c1. The van der Waals surface area contributed by atoms with Crippen LogP contribution in [0.3, 0.4) is 0 Å². The number of rotatable bonds is 9. The molecule has 6 nitrogen and oxygen atoms in total. The van der Waals surface area contributed by atoms with Crippen LogP contribution in [-0.4, -0.2) is 27.8 Å². The largest absolute Gasteiger partial charge is 0.433 e. The van der Waals surface area contributed by atoms with Crippen LogP contribution in [0.5, 0.6) is 0 Å². The molecule has 2 N–H and O–H groups in total. The lowest BCUT2D eigenvalue weighted by Gasteiger charge is -2.10. The van der Waals surface area contributed by atoms with Crippen molar-refractivity contribution in [3.05, 3.63) is 52.9 Å². The maximum Gasteiger partial charge on any atom is 0.433 e. The van der Waals surface area contributed by atoms with Gasteiger partial charge in [-0.05, 0) is 48.7 Å². The highest BCUT2D eigenvalue weighted by atomic mass is 32.1. The lowest BCUT2D eigenvalue weighted by Crippen LogP contribution is -2.20. The lowest BCUT2D eigenvalue weighted by molar-refractivity contribution is -0.141. The number of nitrogens with one attached hydrogen (secondary N) is 2. The van der Waals surface area contributed by atoms with Gasteiger partial charge in [0.05, 0.1) is 4.88 Å². The summed E-state index contributed by atoms with van der Waals surface area (Å²) in [5.74, 6) is 0.144. The molecular weight excluding hydrogens is 427 g/mol. The summed E-state index contributed by atoms with van der Waals surface area (Å²) in [5.41, 5.74) is 1.42. The zero-order valence-electron chi connectivity index (χ0n) is 17.0. The molecule has 0 aliphatic carbocycles. The summed E-state index contributed by atoms with van der Waals surface area (Å²) in [6.45, 7) is 5.23. The van der Waals surface area contributed by atoms with Gasteiger partial charge in [0, 0.05) is 31.0 Å². The minimum absolute atomic E-state index is 0.120. The molecule has 3 aromatic rings. The van der Waals surface area contributed by atoms with E-state index in [1.165, 1.54) is 11.3 Å². The van der Waals surface area contributed by atoms with E-state index in [1.54, 1.807) is 6.20 Å². The van der Waals surface area contributed by atoms with Gasteiger partial charge in [-0.3, -0.25) is 0 Å². The van der Waals surface area contributed by atoms with Crippen molar-refractivity contribution in [2.45, 2.75) is 33.0 Å². The van der Waals surface area contributed by atoms with Crippen molar-refractivity contribution in [3.8, 4) is 10.4 Å². The normalized spacial score (nSPS) is 12.5. The highest BCUT2D eigenvalue weighted by Crippen LogP contribution is 2.31. The molecule has 31 heavy (non-hydrogen) atoms. The zero-order valence-corrected chi connectivity index (χ0v) is 17.8. The molecule has 0 aliphatic heterocycles. The van der Waals surface area contributed by atoms with Gasteiger partial charge < -0.3 is 15.4 Å². The van der Waals surface area contributed by atoms with E-state index in [0.717, 1.165) is 46.1 Å². The van der Waals surface area contributed by atoms with Gasteiger partial charge in [-0.1, -0.05) is 13.0 Å². The summed E-state index contributed by atoms with van der Waals surface area (Å²) in [6, 6.07) is 6.45. The van der Waals surface area contributed by atoms with Crippen molar-refractivity contribution in [1.82, 2.24) is 20.3 Å². The molecule has 0 bridgehead atoms. The maximum atomic E-state index is 12.9. The molecule has 0 amide bonds. The van der Waals surface area contributed by atoms with Crippen LogP contribution in [-0.2, 0) is 17.5 Å². The minimum atomic E-state index is -4.53. The average Bonchev–Trinajstić information content (AvgIpc) is 3.16. The number of alkyl halides is 3. The Bertz CT molecular complexity index is 1040. The van der Waals surface area contributed by atoms with E-state index in [2.05, 4.69) is 25.6 Å². The number of carbonyl (C=O) groups excluding carboxylic acids is 1. The van der Waals surface area contributed by atoms with Crippen LogP contribution < -0.4 is 10.6 Å². The Balaban J connectivity index is 1.72. The quantitative estimate of drug-likeness (QED) is 0.448. The van der Waals surface area contributed by atoms with Crippen LogP contribution in [0.15, 0.2) is 36.7 Å². The van der Waals surface area contributed by atoms with Crippen molar-refractivity contribution in [2.24, 2.45) is 5.92 Å². The Hall–Kier alpha value is -2.85. The number of nitrogens with zero attached hydrogens (tertiary/aromatic N) is 3. The van der Waals surface area contributed by atoms with Gasteiger partial charge in [0.15, 0.2) is 0 Å². The van der Waals surface area contributed by atoms with Crippen LogP contribution in [0.1, 0.15) is 29.6 Å². The number of halogens is 3. The fraction of sp³-hybridized carbons (Fsp3) is 0.333. The van der Waals surface area contributed by atoms with Gasteiger partial charge in [-0.2, -0.15) is 13.2 Å². The summed E-state index contributed by atoms with van der Waals surface area (Å²) in [4.78, 5) is 23.3. The molecule has 1 aromatic carbocycles. The molecule has 0 saturated heterocycles. The molecule has 0 fully saturated rings. The number of aromatic nitrogens is 3. The highest BCUT2D eigenvalue weighted by Gasteiger charge is 2.32. The van der Waals surface area contributed by atoms with Crippen LogP contribution in [0.25, 0.3) is 10.4 Å². The van der Waals surface area contributed by atoms with E-state index >= 15 is 0 Å². The minimum Gasteiger partial charge on any atom is -0.324 e. The van der Waals surface area contributed by atoms with Crippen molar-refractivity contribution in [2.75, 3.05) is 11.9 Å². The average molecular weight is 450 g/mol. The number of benzene rings is 1. The van der Waals surface area contributed by atoms with Gasteiger partial charge in [0.25, 0.3) is 0 Å². The second kappa shape index (κ2) is 9.97. The Kier molecular flexibility index (Phi) is 7.34. The molecule has 2 heterocycles. The molecular formula is C21H22F3N5OS. The van der Waals surface area contributed by atoms with Gasteiger partial charge in [0.2, 0.25) is 5.95 Å². The first-order chi connectivity index (χ1) is 14.7. The van der Waals surface area contributed by atoms with Gasteiger partial charge in [0.1, 0.15) is 17.0 Å². The van der Waals surface area contributed by atoms with E-state index in [1.807, 2.05) is 32.0 Å². The number of hydrogen-bond acceptors (Lipinski definition) is 7. The summed E-state index contributed by atoms with van der Waals surface area (Å²) in [5, 5.41) is 7.05. The fourth-order valence-electron chi connectivity index (χ4n) is 2.90. The maximum absolute atomic E-state index is 12.9. The van der Waals surface area contributed by atoms with E-state index in [-0.39, 0.29) is 11.9 Å². The third-order valence-electron chi connectivity index (χ3n) is 4.39. The molecule has 3 rings (SSSR count). The number of anilines is 2. The third-order valence-corrected chi connectivity index (χ3v) is 5.43. The predicted molar refractivity (Wildman–Crippen MR) is 114 cm³/mol. The standard InChI is InChI=1S/C21H22F3N5OS/c1-13(4-6-30)10-25-12-19-27-11-17(31-19)15-7-14(2)8-16(9-15)28-20-26-5-3-18(29-20)21(22,23)24/h3,5-9,11,13,25H,4,10,12H2,1-2H3,(H,26,28,29). The number of thiazole rings is 1. The number of hydrogen-bond donors (Lipinski definition) is 2. The van der Waals surface area contributed by atoms with Gasteiger partial charge in [-0.15, -0.1) is 11.3 Å². The Morgan fingerprint density at radius 1 is 1.23 bits per heavy atom.